The molecule has 0 aliphatic carbocycles. The molecule has 11 heteroatoms. The lowest BCUT2D eigenvalue weighted by molar-refractivity contribution is -0.384. The molecule has 2 rings (SSSR count). The summed E-state index contributed by atoms with van der Waals surface area (Å²) < 4.78 is 52.7. The van der Waals surface area contributed by atoms with Gasteiger partial charge < -0.3 is 4.90 Å². The summed E-state index contributed by atoms with van der Waals surface area (Å²) in [7, 11) is 1.46. The first-order chi connectivity index (χ1) is 11.1. The third-order valence-corrected chi connectivity index (χ3v) is 4.06. The Labute approximate surface area is 134 Å². The summed E-state index contributed by atoms with van der Waals surface area (Å²) in [5, 5.41) is 14.8. The molecule has 0 saturated carbocycles. The first-order valence-corrected chi connectivity index (χ1v) is 7.26. The molecule has 7 nitrogen and oxygen atoms in total. The quantitative estimate of drug-likeness (QED) is 0.472. The van der Waals surface area contributed by atoms with Crippen molar-refractivity contribution in [2.24, 2.45) is 13.0 Å². The average Bonchev–Trinajstić information content (AvgIpc) is 2.76. The van der Waals surface area contributed by atoms with Crippen LogP contribution >= 0.6 is 0 Å². The number of ketones is 1. The second kappa shape index (κ2) is 6.73. The van der Waals surface area contributed by atoms with Crippen LogP contribution in [-0.2, 0) is 11.8 Å². The normalized spacial score (nSPS) is 22.3. The van der Waals surface area contributed by atoms with E-state index in [0.29, 0.717) is 6.42 Å². The van der Waals surface area contributed by atoms with Gasteiger partial charge in [0.15, 0.2) is 0 Å². The summed E-state index contributed by atoms with van der Waals surface area (Å²) in [6, 6.07) is 0. The first kappa shape index (κ1) is 18.1. The highest BCUT2D eigenvalue weighted by Crippen LogP contribution is 2.33. The van der Waals surface area contributed by atoms with Gasteiger partial charge in [0.25, 0.3) is 0 Å². The van der Waals surface area contributed by atoms with E-state index >= 15 is 0 Å². The maximum absolute atomic E-state index is 14.4. The number of carbonyl (C=O) groups excluding carboxylic acids is 1. The lowest BCUT2D eigenvalue weighted by Gasteiger charge is -2.24. The van der Waals surface area contributed by atoms with Gasteiger partial charge in [-0.2, -0.15) is 18.3 Å². The molecule has 0 radical (unpaired) electrons. The highest BCUT2D eigenvalue weighted by Gasteiger charge is 2.41. The van der Waals surface area contributed by atoms with E-state index in [0.717, 1.165) is 6.20 Å². The van der Waals surface area contributed by atoms with Gasteiger partial charge in [0.2, 0.25) is 11.6 Å². The maximum Gasteiger partial charge on any atom is 0.449 e. The molecule has 134 valence electrons. The molecule has 1 fully saturated rings. The van der Waals surface area contributed by atoms with Crippen molar-refractivity contribution >= 4 is 17.3 Å². The molecule has 24 heavy (non-hydrogen) atoms. The summed E-state index contributed by atoms with van der Waals surface area (Å²) in [5.74, 6) is -2.91. The standard InChI is InChI=1S/C13H16F4N4O3/c1-19-12(10(6-18-19)21(23)24)20-4-2-3-8(9(14)7-20)5-11(22)13(15,16)17/h6,8-9H,2-5,7H2,1H3. The minimum Gasteiger partial charge on any atom is -0.348 e. The minimum atomic E-state index is -4.98. The van der Waals surface area contributed by atoms with Crippen molar-refractivity contribution in [3.63, 3.8) is 0 Å². The number of halogens is 4. The summed E-state index contributed by atoms with van der Waals surface area (Å²) in [4.78, 5) is 22.9. The largest absolute Gasteiger partial charge is 0.449 e. The van der Waals surface area contributed by atoms with E-state index in [1.807, 2.05) is 0 Å². The van der Waals surface area contributed by atoms with Gasteiger partial charge in [-0.1, -0.05) is 0 Å². The van der Waals surface area contributed by atoms with E-state index < -0.39 is 35.4 Å². The Morgan fingerprint density at radius 3 is 2.75 bits per heavy atom. The van der Waals surface area contributed by atoms with Crippen molar-refractivity contribution in [2.45, 2.75) is 31.6 Å². The Balaban J connectivity index is 2.15. The molecule has 2 heterocycles. The van der Waals surface area contributed by atoms with Gasteiger partial charge >= 0.3 is 11.9 Å². The van der Waals surface area contributed by atoms with Crippen LogP contribution in [0.1, 0.15) is 19.3 Å². The lowest BCUT2D eigenvalue weighted by atomic mass is 9.93. The maximum atomic E-state index is 14.4. The molecule has 1 aromatic heterocycles. The van der Waals surface area contributed by atoms with E-state index in [2.05, 4.69) is 5.10 Å². The van der Waals surface area contributed by atoms with Crippen molar-refractivity contribution in [2.75, 3.05) is 18.0 Å². The number of nitro groups is 1. The van der Waals surface area contributed by atoms with Crippen molar-refractivity contribution in [3.8, 4) is 0 Å². The van der Waals surface area contributed by atoms with Gasteiger partial charge in [-0.25, -0.2) is 9.07 Å². The number of rotatable bonds is 4. The van der Waals surface area contributed by atoms with Crippen molar-refractivity contribution in [1.29, 1.82) is 0 Å². The molecule has 1 aliphatic heterocycles. The molecule has 0 bridgehead atoms. The Hall–Kier alpha value is -2.20. The molecular formula is C13H16F4N4O3. The van der Waals surface area contributed by atoms with E-state index in [1.165, 1.54) is 16.6 Å². The predicted octanol–water partition coefficient (Wildman–Crippen LogP) is 2.40. The fourth-order valence-corrected chi connectivity index (χ4v) is 2.87. The molecule has 0 amide bonds. The van der Waals surface area contributed by atoms with Gasteiger partial charge in [-0.3, -0.25) is 14.9 Å². The molecule has 1 aromatic rings. The van der Waals surface area contributed by atoms with Crippen molar-refractivity contribution in [1.82, 2.24) is 9.78 Å². The Kier molecular flexibility index (Phi) is 5.09. The molecule has 1 aliphatic rings. The summed E-state index contributed by atoms with van der Waals surface area (Å²) >= 11 is 0. The first-order valence-electron chi connectivity index (χ1n) is 7.26. The van der Waals surface area contributed by atoms with Crippen LogP contribution in [0, 0.1) is 16.0 Å². The summed E-state index contributed by atoms with van der Waals surface area (Å²) in [6.45, 7) is -0.0896. The zero-order chi connectivity index (χ0) is 18.1. The number of hydrogen-bond donors (Lipinski definition) is 0. The topological polar surface area (TPSA) is 81.3 Å². The molecule has 0 aromatic carbocycles. The Morgan fingerprint density at radius 2 is 2.17 bits per heavy atom. The van der Waals surface area contributed by atoms with Gasteiger partial charge in [-0.15, -0.1) is 0 Å². The van der Waals surface area contributed by atoms with Crippen LogP contribution in [0.15, 0.2) is 6.20 Å². The highest BCUT2D eigenvalue weighted by molar-refractivity contribution is 5.84. The van der Waals surface area contributed by atoms with Crippen molar-refractivity contribution < 1.29 is 27.3 Å². The Morgan fingerprint density at radius 1 is 1.50 bits per heavy atom. The minimum absolute atomic E-state index is 0.102. The zero-order valence-electron chi connectivity index (χ0n) is 12.8. The SMILES string of the molecule is Cn1ncc([N+](=O)[O-])c1N1CCCC(CC(=O)C(F)(F)F)C(F)C1. The van der Waals surface area contributed by atoms with Crippen LogP contribution in [0.3, 0.4) is 0 Å². The van der Waals surface area contributed by atoms with Crippen LogP contribution < -0.4 is 4.90 Å². The second-order valence-electron chi connectivity index (χ2n) is 5.72. The average molecular weight is 352 g/mol. The predicted molar refractivity (Wildman–Crippen MR) is 75.4 cm³/mol. The summed E-state index contributed by atoms with van der Waals surface area (Å²) in [5.41, 5.74) is -0.297. The molecule has 2 atom stereocenters. The fourth-order valence-electron chi connectivity index (χ4n) is 2.87. The molecule has 0 spiro atoms. The monoisotopic (exact) mass is 352 g/mol. The number of hydrogen-bond acceptors (Lipinski definition) is 5. The lowest BCUT2D eigenvalue weighted by Crippen LogP contribution is -2.35. The molecular weight excluding hydrogens is 336 g/mol. The van der Waals surface area contributed by atoms with Crippen LogP contribution in [0.25, 0.3) is 0 Å². The van der Waals surface area contributed by atoms with Gasteiger partial charge in [-0.05, 0) is 18.8 Å². The summed E-state index contributed by atoms with van der Waals surface area (Å²) in [6.07, 6.45) is -6.13. The number of nitrogens with zero attached hydrogens (tertiary/aromatic N) is 4. The van der Waals surface area contributed by atoms with Gasteiger partial charge in [0.05, 0.1) is 11.5 Å². The smallest absolute Gasteiger partial charge is 0.348 e. The van der Waals surface area contributed by atoms with Crippen molar-refractivity contribution in [3.05, 3.63) is 16.3 Å². The number of carbonyl (C=O) groups is 1. The Bertz CT molecular complexity index is 631. The third-order valence-electron chi connectivity index (χ3n) is 4.06. The number of aryl methyl sites for hydroxylation is 1. The van der Waals surface area contributed by atoms with Crippen LogP contribution in [0.5, 0.6) is 0 Å². The molecule has 1 saturated heterocycles. The van der Waals surface area contributed by atoms with E-state index in [9.17, 15) is 32.5 Å². The second-order valence-corrected chi connectivity index (χ2v) is 5.72. The van der Waals surface area contributed by atoms with Crippen LogP contribution in [-0.4, -0.2) is 45.9 Å². The number of anilines is 1. The zero-order valence-corrected chi connectivity index (χ0v) is 12.8. The molecule has 0 N–H and O–H groups in total. The van der Waals surface area contributed by atoms with Crippen LogP contribution in [0.4, 0.5) is 29.1 Å². The third kappa shape index (κ3) is 3.82. The highest BCUT2D eigenvalue weighted by atomic mass is 19.4. The van der Waals surface area contributed by atoms with Gasteiger partial charge in [0, 0.05) is 20.0 Å². The van der Waals surface area contributed by atoms with E-state index in [-0.39, 0.29) is 31.0 Å². The van der Waals surface area contributed by atoms with E-state index in [4.69, 9.17) is 0 Å². The number of alkyl halides is 4. The number of aromatic nitrogens is 2. The van der Waals surface area contributed by atoms with Crippen LogP contribution in [0.2, 0.25) is 0 Å². The fraction of sp³-hybridized carbons (Fsp3) is 0.692. The van der Waals surface area contributed by atoms with E-state index in [1.54, 1.807) is 0 Å². The van der Waals surface area contributed by atoms with Gasteiger partial charge in [0.1, 0.15) is 12.4 Å². The molecule has 2 unspecified atom stereocenters. The number of Topliss-reactive ketones (excluding diaryl/α,β-unsaturated/α-hetero) is 1.